The monoisotopic (exact) mass is 167 g/mol. The van der Waals surface area contributed by atoms with Crippen molar-refractivity contribution >= 4 is 11.7 Å². The highest BCUT2D eigenvalue weighted by atomic mass is 17.2. The molecule has 0 heterocycles. The van der Waals surface area contributed by atoms with Gasteiger partial charge in [0.25, 0.3) is 0 Å². The number of carbonyl (C=O) groups is 1. The van der Waals surface area contributed by atoms with Crippen molar-refractivity contribution in [3.63, 3.8) is 0 Å². The predicted molar refractivity (Wildman–Crippen MR) is 43.3 cm³/mol. The van der Waals surface area contributed by atoms with Crippen molar-refractivity contribution in [1.29, 1.82) is 0 Å². The van der Waals surface area contributed by atoms with Crippen LogP contribution in [0.3, 0.4) is 0 Å². The minimum Gasteiger partial charge on any atom is -0.399 e. The van der Waals surface area contributed by atoms with Crippen LogP contribution in [0.1, 0.15) is 10.4 Å². The first-order valence-electron chi connectivity index (χ1n) is 3.34. The molecule has 0 saturated carbocycles. The standard InChI is InChI=1S/C8H9NO3/c1-11-12-8(10)6-3-2-4-7(9)5-6/h2-5H,9H2,1H3. The van der Waals surface area contributed by atoms with Gasteiger partial charge in [0.1, 0.15) is 0 Å². The molecule has 1 rings (SSSR count). The van der Waals surface area contributed by atoms with Gasteiger partial charge in [-0.15, -0.1) is 0 Å². The van der Waals surface area contributed by atoms with Gasteiger partial charge in [0, 0.05) is 5.69 Å². The lowest BCUT2D eigenvalue weighted by Gasteiger charge is -1.99. The Hall–Kier alpha value is -1.55. The Labute approximate surface area is 69.8 Å². The molecule has 0 fully saturated rings. The number of hydrogen-bond acceptors (Lipinski definition) is 4. The number of nitrogens with two attached hydrogens (primary N) is 1. The molecule has 0 aromatic heterocycles. The molecule has 0 unspecified atom stereocenters. The molecule has 2 N–H and O–H groups in total. The highest BCUT2D eigenvalue weighted by Gasteiger charge is 2.06. The van der Waals surface area contributed by atoms with E-state index in [4.69, 9.17) is 5.73 Å². The third kappa shape index (κ3) is 1.96. The van der Waals surface area contributed by atoms with Gasteiger partial charge in [-0.1, -0.05) is 6.07 Å². The number of hydrogen-bond donors (Lipinski definition) is 1. The Morgan fingerprint density at radius 3 is 2.83 bits per heavy atom. The lowest BCUT2D eigenvalue weighted by Crippen LogP contribution is -2.04. The van der Waals surface area contributed by atoms with Gasteiger partial charge in [0.05, 0.1) is 12.7 Å². The fourth-order valence-corrected chi connectivity index (χ4v) is 0.789. The molecule has 0 spiro atoms. The van der Waals surface area contributed by atoms with Crippen LogP contribution in [-0.4, -0.2) is 13.1 Å². The summed E-state index contributed by atoms with van der Waals surface area (Å²) >= 11 is 0. The van der Waals surface area contributed by atoms with E-state index in [1.54, 1.807) is 18.2 Å². The van der Waals surface area contributed by atoms with Crippen molar-refractivity contribution in [3.05, 3.63) is 29.8 Å². The molecule has 4 nitrogen and oxygen atoms in total. The fourth-order valence-electron chi connectivity index (χ4n) is 0.789. The zero-order valence-corrected chi connectivity index (χ0v) is 6.61. The smallest absolute Gasteiger partial charge is 0.373 e. The van der Waals surface area contributed by atoms with E-state index in [0.717, 1.165) is 0 Å². The van der Waals surface area contributed by atoms with Crippen molar-refractivity contribution < 1.29 is 14.6 Å². The number of carbonyl (C=O) groups excluding carboxylic acids is 1. The molecule has 0 aliphatic carbocycles. The minimum atomic E-state index is -0.551. The third-order valence-corrected chi connectivity index (χ3v) is 1.28. The first-order valence-corrected chi connectivity index (χ1v) is 3.34. The molecule has 0 radical (unpaired) electrons. The molecule has 4 heteroatoms. The van der Waals surface area contributed by atoms with Gasteiger partial charge < -0.3 is 5.73 Å². The molecule has 0 aliphatic heterocycles. The lowest BCUT2D eigenvalue weighted by atomic mass is 10.2. The Morgan fingerprint density at radius 2 is 2.25 bits per heavy atom. The summed E-state index contributed by atoms with van der Waals surface area (Å²) in [7, 11) is 1.27. The molecular formula is C8H9NO3. The van der Waals surface area contributed by atoms with Crippen LogP contribution in [0.5, 0.6) is 0 Å². The molecule has 1 aromatic carbocycles. The first kappa shape index (κ1) is 8.55. The largest absolute Gasteiger partial charge is 0.399 e. The maximum absolute atomic E-state index is 11.0. The van der Waals surface area contributed by atoms with E-state index < -0.39 is 5.97 Å². The summed E-state index contributed by atoms with van der Waals surface area (Å²) < 4.78 is 0. The van der Waals surface area contributed by atoms with Crippen LogP contribution in [0.2, 0.25) is 0 Å². The molecule has 0 amide bonds. The molecule has 0 saturated heterocycles. The van der Waals surface area contributed by atoms with Gasteiger partial charge in [0.2, 0.25) is 0 Å². The Morgan fingerprint density at radius 1 is 1.50 bits per heavy atom. The zero-order chi connectivity index (χ0) is 8.97. The second kappa shape index (κ2) is 3.73. The molecule has 0 aliphatic rings. The van der Waals surface area contributed by atoms with Gasteiger partial charge >= 0.3 is 5.97 Å². The van der Waals surface area contributed by atoms with Gasteiger partial charge in [-0.3, -0.25) is 4.89 Å². The van der Waals surface area contributed by atoms with Crippen molar-refractivity contribution in [2.45, 2.75) is 0 Å². The van der Waals surface area contributed by atoms with Crippen molar-refractivity contribution in [2.24, 2.45) is 0 Å². The fraction of sp³-hybridized carbons (Fsp3) is 0.125. The average molecular weight is 167 g/mol. The zero-order valence-electron chi connectivity index (χ0n) is 6.61. The summed E-state index contributed by atoms with van der Waals surface area (Å²) in [6, 6.07) is 6.46. The molecule has 0 bridgehead atoms. The van der Waals surface area contributed by atoms with Crippen LogP contribution in [0.25, 0.3) is 0 Å². The normalized spacial score (nSPS) is 9.42. The first-order chi connectivity index (χ1) is 5.74. The highest BCUT2D eigenvalue weighted by Crippen LogP contribution is 2.07. The van der Waals surface area contributed by atoms with Gasteiger partial charge in [-0.2, -0.15) is 4.89 Å². The van der Waals surface area contributed by atoms with Crippen LogP contribution in [-0.2, 0) is 9.78 Å². The predicted octanol–water partition coefficient (Wildman–Crippen LogP) is 0.987. The molecule has 64 valence electrons. The Balaban J connectivity index is 2.81. The SMILES string of the molecule is COOC(=O)c1cccc(N)c1. The number of benzene rings is 1. The van der Waals surface area contributed by atoms with Gasteiger partial charge in [0.15, 0.2) is 0 Å². The van der Waals surface area contributed by atoms with E-state index in [9.17, 15) is 4.79 Å². The van der Waals surface area contributed by atoms with E-state index in [-0.39, 0.29) is 0 Å². The number of nitrogen functional groups attached to an aromatic ring is 1. The van der Waals surface area contributed by atoms with E-state index in [1.165, 1.54) is 13.2 Å². The second-order valence-electron chi connectivity index (χ2n) is 2.16. The summed E-state index contributed by atoms with van der Waals surface area (Å²) in [5, 5.41) is 0. The highest BCUT2D eigenvalue weighted by molar-refractivity contribution is 5.89. The summed E-state index contributed by atoms with van der Waals surface area (Å²) in [6.07, 6.45) is 0. The maximum Gasteiger partial charge on any atom is 0.373 e. The summed E-state index contributed by atoms with van der Waals surface area (Å²) in [5.74, 6) is -0.551. The van der Waals surface area contributed by atoms with Crippen LogP contribution in [0.4, 0.5) is 5.69 Å². The molecular weight excluding hydrogens is 158 g/mol. The van der Waals surface area contributed by atoms with Crippen molar-refractivity contribution in [1.82, 2.24) is 0 Å². The van der Waals surface area contributed by atoms with Gasteiger partial charge in [-0.05, 0) is 18.2 Å². The Bertz CT molecular complexity index is 285. The average Bonchev–Trinajstić information content (AvgIpc) is 2.05. The molecule has 1 aromatic rings. The van der Waals surface area contributed by atoms with Crippen LogP contribution < -0.4 is 5.73 Å². The topological polar surface area (TPSA) is 61.5 Å². The van der Waals surface area contributed by atoms with Gasteiger partial charge in [-0.25, -0.2) is 4.79 Å². The lowest BCUT2D eigenvalue weighted by molar-refractivity contribution is -0.216. The van der Waals surface area contributed by atoms with Crippen molar-refractivity contribution in [3.8, 4) is 0 Å². The minimum absolute atomic E-state index is 0.372. The Kier molecular flexibility index (Phi) is 2.66. The van der Waals surface area contributed by atoms with Crippen molar-refractivity contribution in [2.75, 3.05) is 12.8 Å². The van der Waals surface area contributed by atoms with E-state index in [0.29, 0.717) is 11.3 Å². The second-order valence-corrected chi connectivity index (χ2v) is 2.16. The third-order valence-electron chi connectivity index (χ3n) is 1.28. The number of anilines is 1. The molecule has 0 atom stereocenters. The summed E-state index contributed by atoms with van der Waals surface area (Å²) in [4.78, 5) is 19.5. The molecule has 12 heavy (non-hydrogen) atoms. The summed E-state index contributed by atoms with van der Waals surface area (Å²) in [5.41, 5.74) is 6.33. The number of rotatable bonds is 2. The van der Waals surface area contributed by atoms with Crippen LogP contribution in [0.15, 0.2) is 24.3 Å². The summed E-state index contributed by atoms with van der Waals surface area (Å²) in [6.45, 7) is 0. The quantitative estimate of drug-likeness (QED) is 0.405. The van der Waals surface area contributed by atoms with E-state index >= 15 is 0 Å². The van der Waals surface area contributed by atoms with Crippen LogP contribution >= 0.6 is 0 Å². The van der Waals surface area contributed by atoms with E-state index in [1.807, 2.05) is 0 Å². The van der Waals surface area contributed by atoms with E-state index in [2.05, 4.69) is 9.78 Å². The van der Waals surface area contributed by atoms with Crippen LogP contribution in [0, 0.1) is 0 Å². The maximum atomic E-state index is 11.0.